The third-order valence-electron chi connectivity index (χ3n) is 4.73. The van der Waals surface area contributed by atoms with Gasteiger partial charge in [0, 0.05) is 33.8 Å². The molecule has 0 saturated carbocycles. The Morgan fingerprint density at radius 2 is 1.88 bits per heavy atom. The maximum atomic E-state index is 12.1. The van der Waals surface area contributed by atoms with E-state index in [1.807, 2.05) is 54.6 Å². The Bertz CT molecular complexity index is 904. The van der Waals surface area contributed by atoms with E-state index in [9.17, 15) is 4.79 Å². The first kappa shape index (κ1) is 17.0. The highest BCUT2D eigenvalue weighted by Gasteiger charge is 2.20. The summed E-state index contributed by atoms with van der Waals surface area (Å²) in [4.78, 5) is 15.6. The summed E-state index contributed by atoms with van der Waals surface area (Å²) < 4.78 is 0. The first-order valence-corrected chi connectivity index (χ1v) is 8.65. The molecule has 2 N–H and O–H groups in total. The summed E-state index contributed by atoms with van der Waals surface area (Å²) in [5.41, 5.74) is 4.23. The molecule has 25 heavy (non-hydrogen) atoms. The van der Waals surface area contributed by atoms with Crippen LogP contribution in [0.5, 0.6) is 0 Å². The van der Waals surface area contributed by atoms with Crippen molar-refractivity contribution >= 4 is 28.6 Å². The van der Waals surface area contributed by atoms with Gasteiger partial charge in [-0.2, -0.15) is 0 Å². The molecule has 1 amide bonds. The van der Waals surface area contributed by atoms with E-state index in [4.69, 9.17) is 0 Å². The number of rotatable bonds is 5. The van der Waals surface area contributed by atoms with Crippen molar-refractivity contribution in [3.8, 4) is 0 Å². The monoisotopic (exact) mass is 332 g/mol. The van der Waals surface area contributed by atoms with Crippen LogP contribution in [0.4, 0.5) is 5.69 Å². The van der Waals surface area contributed by atoms with Crippen molar-refractivity contribution in [2.75, 3.05) is 5.32 Å². The minimum Gasteiger partial charge on any atom is -0.358 e. The Morgan fingerprint density at radius 1 is 1.12 bits per heavy atom. The van der Waals surface area contributed by atoms with Crippen LogP contribution in [-0.4, -0.2) is 10.9 Å². The second-order valence-electron chi connectivity index (χ2n) is 6.96. The highest BCUT2D eigenvalue weighted by Crippen LogP contribution is 2.30. The number of nitrogens with one attached hydrogen (secondary N) is 2. The molecule has 3 nitrogen and oxygen atoms in total. The summed E-state index contributed by atoms with van der Waals surface area (Å²) in [7, 11) is 0. The van der Waals surface area contributed by atoms with Gasteiger partial charge in [-0.15, -0.1) is 0 Å². The SMILES string of the molecule is CCC(C)(C)c1cc2cc(NC(=O)C=Cc3ccccc3)ccc2[nH]1. The van der Waals surface area contributed by atoms with Gasteiger partial charge in [-0.1, -0.05) is 51.1 Å². The van der Waals surface area contributed by atoms with E-state index in [-0.39, 0.29) is 11.3 Å². The van der Waals surface area contributed by atoms with E-state index in [1.54, 1.807) is 6.08 Å². The molecule has 2 aromatic carbocycles. The molecule has 0 saturated heterocycles. The Balaban J connectivity index is 1.75. The van der Waals surface area contributed by atoms with Crippen LogP contribution in [0, 0.1) is 0 Å². The second-order valence-corrected chi connectivity index (χ2v) is 6.96. The van der Waals surface area contributed by atoms with Gasteiger partial charge in [0.05, 0.1) is 0 Å². The average molecular weight is 332 g/mol. The lowest BCUT2D eigenvalue weighted by Gasteiger charge is -2.20. The summed E-state index contributed by atoms with van der Waals surface area (Å²) in [5, 5.41) is 4.04. The zero-order valence-electron chi connectivity index (χ0n) is 15.0. The predicted octanol–water partition coefficient (Wildman–Crippen LogP) is 5.51. The second kappa shape index (κ2) is 6.98. The van der Waals surface area contributed by atoms with Crippen molar-refractivity contribution in [1.82, 2.24) is 4.98 Å². The van der Waals surface area contributed by atoms with Crippen LogP contribution in [0.2, 0.25) is 0 Å². The minimum absolute atomic E-state index is 0.112. The maximum Gasteiger partial charge on any atom is 0.248 e. The number of H-pyrrole nitrogens is 1. The van der Waals surface area contributed by atoms with Crippen LogP contribution in [-0.2, 0) is 10.2 Å². The molecule has 0 atom stereocenters. The number of aromatic amines is 1. The molecule has 0 aliphatic heterocycles. The third kappa shape index (κ3) is 4.00. The number of hydrogen-bond donors (Lipinski definition) is 2. The highest BCUT2D eigenvalue weighted by molar-refractivity contribution is 6.03. The topological polar surface area (TPSA) is 44.9 Å². The maximum absolute atomic E-state index is 12.1. The molecule has 3 aromatic rings. The number of hydrogen-bond acceptors (Lipinski definition) is 1. The standard InChI is InChI=1S/C22H24N2O/c1-4-22(2,3)20-15-17-14-18(11-12-19(17)24-20)23-21(25)13-10-16-8-6-5-7-9-16/h5-15,24H,4H2,1-3H3,(H,23,25). The third-order valence-corrected chi connectivity index (χ3v) is 4.73. The molecule has 0 aliphatic carbocycles. The molecule has 1 heterocycles. The first-order valence-electron chi connectivity index (χ1n) is 8.65. The van der Waals surface area contributed by atoms with E-state index in [1.165, 1.54) is 5.69 Å². The van der Waals surface area contributed by atoms with Gasteiger partial charge in [0.2, 0.25) is 5.91 Å². The van der Waals surface area contributed by atoms with Crippen LogP contribution in [0.15, 0.2) is 60.7 Å². The lowest BCUT2D eigenvalue weighted by atomic mass is 9.86. The quantitative estimate of drug-likeness (QED) is 0.595. The van der Waals surface area contributed by atoms with Crippen LogP contribution in [0.1, 0.15) is 38.4 Å². The predicted molar refractivity (Wildman–Crippen MR) is 106 cm³/mol. The zero-order chi connectivity index (χ0) is 17.9. The molecule has 0 unspecified atom stereocenters. The van der Waals surface area contributed by atoms with Gasteiger partial charge in [0.15, 0.2) is 0 Å². The van der Waals surface area contributed by atoms with Crippen molar-refractivity contribution in [1.29, 1.82) is 0 Å². The molecular weight excluding hydrogens is 308 g/mol. The number of carbonyl (C=O) groups is 1. The Hall–Kier alpha value is -2.81. The number of aromatic nitrogens is 1. The van der Waals surface area contributed by atoms with Crippen molar-refractivity contribution < 1.29 is 4.79 Å². The van der Waals surface area contributed by atoms with Crippen LogP contribution in [0.25, 0.3) is 17.0 Å². The van der Waals surface area contributed by atoms with Gasteiger partial charge in [-0.05, 0) is 42.3 Å². The number of amides is 1. The van der Waals surface area contributed by atoms with Crippen LogP contribution < -0.4 is 5.32 Å². The summed E-state index contributed by atoms with van der Waals surface area (Å²) in [6, 6.07) is 17.9. The Morgan fingerprint density at radius 3 is 2.60 bits per heavy atom. The molecule has 3 heteroatoms. The van der Waals surface area contributed by atoms with E-state index >= 15 is 0 Å². The molecular formula is C22H24N2O. The fourth-order valence-corrected chi connectivity index (χ4v) is 2.69. The molecule has 0 fully saturated rings. The molecule has 0 radical (unpaired) electrons. The largest absolute Gasteiger partial charge is 0.358 e. The van der Waals surface area contributed by atoms with Crippen LogP contribution >= 0.6 is 0 Å². The zero-order valence-corrected chi connectivity index (χ0v) is 15.0. The molecule has 128 valence electrons. The van der Waals surface area contributed by atoms with Crippen molar-refractivity contribution in [3.05, 3.63) is 71.9 Å². The Labute approximate surface area is 148 Å². The summed E-state index contributed by atoms with van der Waals surface area (Å²) in [5.74, 6) is -0.132. The number of fused-ring (bicyclic) bond motifs is 1. The molecule has 0 aliphatic rings. The van der Waals surface area contributed by atoms with E-state index in [0.29, 0.717) is 0 Å². The molecule has 3 rings (SSSR count). The van der Waals surface area contributed by atoms with E-state index in [2.05, 4.69) is 37.1 Å². The average Bonchev–Trinajstić information content (AvgIpc) is 3.05. The van der Waals surface area contributed by atoms with Gasteiger partial charge in [-0.3, -0.25) is 4.79 Å². The summed E-state index contributed by atoms with van der Waals surface area (Å²) >= 11 is 0. The fourth-order valence-electron chi connectivity index (χ4n) is 2.69. The molecule has 0 spiro atoms. The van der Waals surface area contributed by atoms with Crippen molar-refractivity contribution in [2.24, 2.45) is 0 Å². The van der Waals surface area contributed by atoms with Crippen molar-refractivity contribution in [2.45, 2.75) is 32.6 Å². The van der Waals surface area contributed by atoms with Gasteiger partial charge < -0.3 is 10.3 Å². The fraction of sp³-hybridized carbons (Fsp3) is 0.227. The lowest BCUT2D eigenvalue weighted by molar-refractivity contribution is -0.111. The van der Waals surface area contributed by atoms with Gasteiger partial charge in [0.1, 0.15) is 0 Å². The lowest BCUT2D eigenvalue weighted by Crippen LogP contribution is -2.15. The van der Waals surface area contributed by atoms with E-state index < -0.39 is 0 Å². The smallest absolute Gasteiger partial charge is 0.248 e. The van der Waals surface area contributed by atoms with Crippen molar-refractivity contribution in [3.63, 3.8) is 0 Å². The van der Waals surface area contributed by atoms with Gasteiger partial charge in [-0.25, -0.2) is 0 Å². The summed E-state index contributed by atoms with van der Waals surface area (Å²) in [6.45, 7) is 6.65. The Kier molecular flexibility index (Phi) is 4.75. The van der Waals surface area contributed by atoms with E-state index in [0.717, 1.165) is 28.6 Å². The van der Waals surface area contributed by atoms with Gasteiger partial charge in [0.25, 0.3) is 0 Å². The normalized spacial score (nSPS) is 12.0. The highest BCUT2D eigenvalue weighted by atomic mass is 16.1. The molecule has 0 bridgehead atoms. The first-order chi connectivity index (χ1) is 12.0. The number of benzene rings is 2. The van der Waals surface area contributed by atoms with Crippen LogP contribution in [0.3, 0.4) is 0 Å². The minimum atomic E-state index is -0.132. The number of carbonyl (C=O) groups excluding carboxylic acids is 1. The molecule has 1 aromatic heterocycles. The summed E-state index contributed by atoms with van der Waals surface area (Å²) in [6.07, 6.45) is 4.43. The van der Waals surface area contributed by atoms with Gasteiger partial charge >= 0.3 is 0 Å². The number of anilines is 1.